The first-order chi connectivity index (χ1) is 17.8. The number of aliphatic hydroxyl groups excluding tert-OH is 1. The molecule has 0 radical (unpaired) electrons. The highest BCUT2D eigenvalue weighted by atomic mass is 16.5. The molecular weight excluding hydrogens is 460 g/mol. The Labute approximate surface area is 226 Å². The highest BCUT2D eigenvalue weighted by Gasteiger charge is 2.66. The lowest BCUT2D eigenvalue weighted by Gasteiger charge is -2.64. The van der Waals surface area contributed by atoms with E-state index >= 15 is 0 Å². The summed E-state index contributed by atoms with van der Waals surface area (Å²) in [5.74, 6) is 3.58. The Hall–Kier alpha value is -0.940. The molecule has 0 aromatic rings. The lowest BCUT2D eigenvalue weighted by molar-refractivity contribution is -0.224. The lowest BCUT2D eigenvalue weighted by Crippen LogP contribution is -2.63. The maximum atomic E-state index is 9.52. The summed E-state index contributed by atoms with van der Waals surface area (Å²) in [7, 11) is 0. The Balaban J connectivity index is 1.68. The normalized spacial score (nSPS) is 43.8. The molecule has 0 amide bonds. The summed E-state index contributed by atoms with van der Waals surface area (Å²) in [6, 6.07) is 0. The molecular formula is C33H54O4. The van der Waals surface area contributed by atoms with Crippen molar-refractivity contribution in [1.82, 2.24) is 0 Å². The number of rotatable bonds is 13. The summed E-state index contributed by atoms with van der Waals surface area (Å²) in [5, 5.41) is 9.52. The first kappa shape index (κ1) is 29.1. The number of hydrogen-bond donors (Lipinski definition) is 1. The molecule has 0 heterocycles. The van der Waals surface area contributed by atoms with E-state index in [-0.39, 0.29) is 24.2 Å². The first-order valence-electron chi connectivity index (χ1n) is 15.1. The van der Waals surface area contributed by atoms with Crippen LogP contribution in [0, 0.1) is 46.3 Å². The third-order valence-corrected chi connectivity index (χ3v) is 11.6. The second kappa shape index (κ2) is 12.5. The van der Waals surface area contributed by atoms with Gasteiger partial charge in [0.15, 0.2) is 0 Å². The lowest BCUT2D eigenvalue weighted by atomic mass is 9.43. The van der Waals surface area contributed by atoms with Gasteiger partial charge in [-0.1, -0.05) is 39.0 Å². The molecule has 4 aliphatic rings. The molecule has 210 valence electrons. The summed E-state index contributed by atoms with van der Waals surface area (Å²) in [6.07, 6.45) is 16.8. The molecule has 0 spiro atoms. The molecule has 0 aromatic heterocycles. The zero-order valence-corrected chi connectivity index (χ0v) is 23.9. The molecule has 0 bridgehead atoms. The minimum atomic E-state index is 0.127. The quantitative estimate of drug-likeness (QED) is 0.269. The maximum Gasteiger partial charge on any atom is 0.0648 e. The largest absolute Gasteiger partial charge is 0.396 e. The number of ether oxygens (including phenoxy) is 3. The van der Waals surface area contributed by atoms with Crippen molar-refractivity contribution in [2.75, 3.05) is 26.4 Å². The molecule has 4 saturated carbocycles. The van der Waals surface area contributed by atoms with Gasteiger partial charge in [-0.15, -0.1) is 19.7 Å². The van der Waals surface area contributed by atoms with E-state index in [9.17, 15) is 5.11 Å². The first-order valence-corrected chi connectivity index (χ1v) is 15.1. The predicted octanol–water partition coefficient (Wildman–Crippen LogP) is 6.99. The van der Waals surface area contributed by atoms with Crippen molar-refractivity contribution >= 4 is 0 Å². The van der Waals surface area contributed by atoms with Crippen LogP contribution in [0.15, 0.2) is 38.0 Å². The van der Waals surface area contributed by atoms with E-state index in [1.54, 1.807) is 0 Å². The van der Waals surface area contributed by atoms with E-state index in [4.69, 9.17) is 14.2 Å². The van der Waals surface area contributed by atoms with Gasteiger partial charge >= 0.3 is 0 Å². The van der Waals surface area contributed by atoms with Crippen LogP contribution in [0.3, 0.4) is 0 Å². The van der Waals surface area contributed by atoms with Gasteiger partial charge < -0.3 is 19.3 Å². The van der Waals surface area contributed by atoms with Crippen molar-refractivity contribution in [1.29, 1.82) is 0 Å². The van der Waals surface area contributed by atoms with Crippen LogP contribution in [-0.2, 0) is 14.2 Å². The van der Waals surface area contributed by atoms with E-state index in [2.05, 4.69) is 40.5 Å². The number of fused-ring (bicyclic) bond motifs is 5. The molecule has 0 aromatic carbocycles. The molecule has 4 fully saturated rings. The third kappa shape index (κ3) is 5.42. The van der Waals surface area contributed by atoms with E-state index in [0.717, 1.165) is 38.5 Å². The van der Waals surface area contributed by atoms with E-state index in [1.165, 1.54) is 19.3 Å². The smallest absolute Gasteiger partial charge is 0.0648 e. The number of aliphatic hydroxyl groups is 1. The predicted molar refractivity (Wildman–Crippen MR) is 151 cm³/mol. The Morgan fingerprint density at radius 2 is 1.59 bits per heavy atom. The molecule has 1 N–H and O–H groups in total. The van der Waals surface area contributed by atoms with Crippen molar-refractivity contribution in [2.45, 2.75) is 96.9 Å². The van der Waals surface area contributed by atoms with Crippen molar-refractivity contribution in [3.05, 3.63) is 38.0 Å². The highest BCUT2D eigenvalue weighted by Crippen LogP contribution is 2.69. The van der Waals surface area contributed by atoms with Crippen LogP contribution in [-0.4, -0.2) is 49.8 Å². The van der Waals surface area contributed by atoms with Crippen molar-refractivity contribution in [3.8, 4) is 0 Å². The fourth-order valence-electron chi connectivity index (χ4n) is 9.83. The zero-order chi connectivity index (χ0) is 26.6. The Bertz CT molecular complexity index is 780. The average molecular weight is 515 g/mol. The summed E-state index contributed by atoms with van der Waals surface area (Å²) in [6.45, 7) is 21.5. The van der Waals surface area contributed by atoms with Crippen LogP contribution in [0.4, 0.5) is 0 Å². The molecule has 0 unspecified atom stereocenters. The molecule has 4 aliphatic carbocycles. The van der Waals surface area contributed by atoms with Crippen molar-refractivity contribution in [3.63, 3.8) is 0 Å². The van der Waals surface area contributed by atoms with Crippen LogP contribution >= 0.6 is 0 Å². The third-order valence-electron chi connectivity index (χ3n) is 11.6. The van der Waals surface area contributed by atoms with E-state index in [1.807, 2.05) is 18.2 Å². The fourth-order valence-corrected chi connectivity index (χ4v) is 9.83. The Morgan fingerprint density at radius 3 is 2.30 bits per heavy atom. The van der Waals surface area contributed by atoms with Crippen molar-refractivity contribution < 1.29 is 19.3 Å². The molecule has 37 heavy (non-hydrogen) atoms. The van der Waals surface area contributed by atoms with Gasteiger partial charge in [0.1, 0.15) is 0 Å². The standard InChI is InChI=1S/C33H54O4/c1-7-17-35-25-14-15-32(5)24(20-25)21-29(36-18-8-2)31-27-13-12-26(23(4)11-10-16-34)33(27,6)30(22-28(31)32)37-19-9-3/h7-9,23-31,34H,1-3,10-22H2,4-6H3/t23-,24+,25-,26-,27+,28+,29-,30+,31+,32+,33-/m1/s1. The Kier molecular flexibility index (Phi) is 9.81. The van der Waals surface area contributed by atoms with E-state index < -0.39 is 0 Å². The van der Waals surface area contributed by atoms with Gasteiger partial charge in [-0.3, -0.25) is 0 Å². The van der Waals surface area contributed by atoms with Gasteiger partial charge in [-0.05, 0) is 98.7 Å². The zero-order valence-electron chi connectivity index (χ0n) is 23.9. The van der Waals surface area contributed by atoms with Gasteiger partial charge in [0, 0.05) is 12.0 Å². The number of hydrogen-bond acceptors (Lipinski definition) is 4. The molecule has 4 nitrogen and oxygen atoms in total. The van der Waals surface area contributed by atoms with Crippen LogP contribution < -0.4 is 0 Å². The minimum Gasteiger partial charge on any atom is -0.396 e. The van der Waals surface area contributed by atoms with Crippen LogP contribution in [0.5, 0.6) is 0 Å². The summed E-state index contributed by atoms with van der Waals surface area (Å²) in [5.41, 5.74) is 0.423. The van der Waals surface area contributed by atoms with Gasteiger partial charge in [-0.2, -0.15) is 0 Å². The topological polar surface area (TPSA) is 47.9 Å². The van der Waals surface area contributed by atoms with Gasteiger partial charge in [-0.25, -0.2) is 0 Å². The average Bonchev–Trinajstić information content (AvgIpc) is 3.26. The minimum absolute atomic E-state index is 0.127. The highest BCUT2D eigenvalue weighted by molar-refractivity contribution is 5.15. The van der Waals surface area contributed by atoms with Crippen LogP contribution in [0.1, 0.15) is 78.6 Å². The van der Waals surface area contributed by atoms with Gasteiger partial charge in [0.25, 0.3) is 0 Å². The van der Waals surface area contributed by atoms with Crippen LogP contribution in [0.25, 0.3) is 0 Å². The second-order valence-electron chi connectivity index (χ2n) is 13.1. The summed E-state index contributed by atoms with van der Waals surface area (Å²) >= 11 is 0. The summed E-state index contributed by atoms with van der Waals surface area (Å²) < 4.78 is 19.6. The molecule has 4 rings (SSSR count). The molecule has 0 saturated heterocycles. The van der Waals surface area contributed by atoms with Gasteiger partial charge in [0.2, 0.25) is 0 Å². The molecule has 0 aliphatic heterocycles. The van der Waals surface area contributed by atoms with Crippen LogP contribution in [0.2, 0.25) is 0 Å². The molecule has 11 atom stereocenters. The van der Waals surface area contributed by atoms with Crippen molar-refractivity contribution in [2.24, 2.45) is 46.3 Å². The Morgan fingerprint density at radius 1 is 0.892 bits per heavy atom. The molecule has 4 heteroatoms. The van der Waals surface area contributed by atoms with E-state index in [0.29, 0.717) is 66.8 Å². The fraction of sp³-hybridized carbons (Fsp3) is 0.818. The summed E-state index contributed by atoms with van der Waals surface area (Å²) in [4.78, 5) is 0. The maximum absolute atomic E-state index is 9.52. The van der Waals surface area contributed by atoms with Gasteiger partial charge in [0.05, 0.1) is 38.1 Å². The second-order valence-corrected chi connectivity index (χ2v) is 13.1. The SMILES string of the molecule is C=CCO[C@@H]1CC[C@@]2(C)[C@@H](C1)C[C@@H](OCC=C)[C@@H]1[C@@H]2C[C@H](OCC=C)[C@]2(C)[C@@H]([C@H](C)CCCO)CC[C@@H]12. The monoisotopic (exact) mass is 514 g/mol.